The summed E-state index contributed by atoms with van der Waals surface area (Å²) >= 11 is 4.79. The van der Waals surface area contributed by atoms with Crippen LogP contribution in [0.1, 0.15) is 66.5 Å². The molecule has 1 unspecified atom stereocenters. The first-order valence-electron chi connectivity index (χ1n) is 9.76. The smallest absolute Gasteiger partial charge is 0.362 e. The first-order chi connectivity index (χ1) is 13.8. The van der Waals surface area contributed by atoms with Gasteiger partial charge in [0.2, 0.25) is 0 Å². The molecule has 10 heteroatoms. The number of aromatic nitrogens is 2. The number of carbonyl (C=O) groups excluding carboxylic acids is 1. The van der Waals surface area contributed by atoms with Crippen LogP contribution in [0.25, 0.3) is 0 Å². The molecular formula is C19H22BrF3N4OS. The quantitative estimate of drug-likeness (QED) is 0.593. The number of fused-ring (bicyclic) bond motifs is 1. The van der Waals surface area contributed by atoms with Gasteiger partial charge in [-0.25, -0.2) is 4.68 Å². The summed E-state index contributed by atoms with van der Waals surface area (Å²) in [6.07, 6.45) is -0.936. The Morgan fingerprint density at radius 2 is 2.21 bits per heavy atom. The second kappa shape index (κ2) is 7.94. The zero-order chi connectivity index (χ0) is 20.8. The summed E-state index contributed by atoms with van der Waals surface area (Å²) in [4.78, 5) is 15.8. The first-order valence-corrected chi connectivity index (χ1v) is 11.4. The van der Waals surface area contributed by atoms with Gasteiger partial charge in [-0.2, -0.15) is 18.3 Å². The normalized spacial score (nSPS) is 24.9. The molecular weight excluding hydrogens is 469 g/mol. The van der Waals surface area contributed by atoms with Crippen molar-refractivity contribution in [2.24, 2.45) is 0 Å². The van der Waals surface area contributed by atoms with E-state index in [1.807, 2.05) is 24.4 Å². The van der Waals surface area contributed by atoms with E-state index >= 15 is 0 Å². The van der Waals surface area contributed by atoms with E-state index in [0.29, 0.717) is 11.0 Å². The maximum absolute atomic E-state index is 13.9. The van der Waals surface area contributed by atoms with Gasteiger partial charge in [-0.3, -0.25) is 4.79 Å². The van der Waals surface area contributed by atoms with Gasteiger partial charge in [-0.05, 0) is 53.1 Å². The third kappa shape index (κ3) is 3.81. The molecule has 1 N–H and O–H groups in total. The fourth-order valence-corrected chi connectivity index (χ4v) is 5.57. The molecule has 4 heterocycles. The Balaban J connectivity index is 1.72. The standard InChI is InChI=1S/C19H22BrF3N4OS/c1-2-11-6-3-4-8-26(11)18(28)16-15(20)17-24-12(13-7-5-9-29-13)10-14(19(21,22)23)27(17)25-16/h5,7,9,11-12,14,24H,2-4,6,8,10H2,1H3/t11?,12-,14+/m1/s1. The number of thiophene rings is 1. The lowest BCUT2D eigenvalue weighted by Gasteiger charge is -2.34. The minimum atomic E-state index is -4.46. The molecule has 0 radical (unpaired) electrons. The van der Waals surface area contributed by atoms with Gasteiger partial charge in [0.05, 0.1) is 10.5 Å². The van der Waals surface area contributed by atoms with Crippen LogP contribution in [0.2, 0.25) is 0 Å². The second-order valence-electron chi connectivity index (χ2n) is 7.52. The molecule has 0 bridgehead atoms. The molecule has 1 amide bonds. The van der Waals surface area contributed by atoms with Gasteiger partial charge in [0.15, 0.2) is 11.7 Å². The summed E-state index contributed by atoms with van der Waals surface area (Å²) in [7, 11) is 0. The summed E-state index contributed by atoms with van der Waals surface area (Å²) in [6, 6.07) is 1.48. The Morgan fingerprint density at radius 3 is 2.86 bits per heavy atom. The van der Waals surface area contributed by atoms with E-state index in [2.05, 4.69) is 26.3 Å². The predicted octanol–water partition coefficient (Wildman–Crippen LogP) is 5.77. The molecule has 2 aromatic rings. The summed E-state index contributed by atoms with van der Waals surface area (Å²) in [5.41, 5.74) is 0.0499. The summed E-state index contributed by atoms with van der Waals surface area (Å²) in [5, 5.41) is 9.17. The van der Waals surface area contributed by atoms with Crippen molar-refractivity contribution in [3.05, 3.63) is 32.6 Å². The molecule has 0 aliphatic carbocycles. The fraction of sp³-hybridized carbons (Fsp3) is 0.579. The number of alkyl halides is 3. The highest BCUT2D eigenvalue weighted by Gasteiger charge is 2.48. The highest BCUT2D eigenvalue weighted by atomic mass is 79.9. The number of anilines is 1. The monoisotopic (exact) mass is 490 g/mol. The second-order valence-corrected chi connectivity index (χ2v) is 9.29. The summed E-state index contributed by atoms with van der Waals surface area (Å²) in [6.45, 7) is 2.64. The van der Waals surface area contributed by atoms with E-state index in [-0.39, 0.29) is 29.9 Å². The minimum absolute atomic E-state index is 0.0499. The average Bonchev–Trinajstić information content (AvgIpc) is 3.34. The van der Waals surface area contributed by atoms with Crippen LogP contribution in [0.4, 0.5) is 19.0 Å². The number of hydrogen-bond acceptors (Lipinski definition) is 4. The third-order valence-corrected chi connectivity index (χ3v) is 7.48. The Hall–Kier alpha value is -1.55. The van der Waals surface area contributed by atoms with Crippen molar-refractivity contribution in [2.45, 2.75) is 63.3 Å². The SMILES string of the molecule is CCC1CCCCN1C(=O)c1nn2c(c1Br)N[C@@H](c1cccs1)C[C@H]2C(F)(F)F. The van der Waals surface area contributed by atoms with Gasteiger partial charge in [0.1, 0.15) is 5.82 Å². The number of rotatable bonds is 3. The van der Waals surface area contributed by atoms with Crippen molar-refractivity contribution >= 4 is 39.0 Å². The Labute approximate surface area is 179 Å². The van der Waals surface area contributed by atoms with Crippen LogP contribution in [0.15, 0.2) is 22.0 Å². The molecule has 158 valence electrons. The van der Waals surface area contributed by atoms with Gasteiger partial charge in [-0.1, -0.05) is 13.0 Å². The van der Waals surface area contributed by atoms with E-state index in [0.717, 1.165) is 35.2 Å². The molecule has 5 nitrogen and oxygen atoms in total. The number of piperidine rings is 1. The van der Waals surface area contributed by atoms with E-state index in [9.17, 15) is 18.0 Å². The van der Waals surface area contributed by atoms with E-state index in [1.165, 1.54) is 11.3 Å². The maximum atomic E-state index is 13.9. The number of nitrogens with zero attached hydrogens (tertiary/aromatic N) is 3. The van der Waals surface area contributed by atoms with Crippen LogP contribution in [-0.4, -0.2) is 39.4 Å². The summed E-state index contributed by atoms with van der Waals surface area (Å²) < 4.78 is 42.8. The van der Waals surface area contributed by atoms with Gasteiger partial charge < -0.3 is 10.2 Å². The molecule has 2 aromatic heterocycles. The lowest BCUT2D eigenvalue weighted by molar-refractivity contribution is -0.173. The predicted molar refractivity (Wildman–Crippen MR) is 109 cm³/mol. The minimum Gasteiger partial charge on any atom is -0.362 e. The number of carbonyl (C=O) groups is 1. The molecule has 29 heavy (non-hydrogen) atoms. The third-order valence-electron chi connectivity index (χ3n) is 5.74. The zero-order valence-electron chi connectivity index (χ0n) is 15.9. The molecule has 0 saturated carbocycles. The lowest BCUT2D eigenvalue weighted by atomic mass is 9.99. The molecule has 2 aliphatic rings. The lowest BCUT2D eigenvalue weighted by Crippen LogP contribution is -2.43. The summed E-state index contributed by atoms with van der Waals surface area (Å²) in [5.74, 6) is -0.0916. The molecule has 0 spiro atoms. The highest BCUT2D eigenvalue weighted by molar-refractivity contribution is 9.10. The van der Waals surface area contributed by atoms with E-state index in [1.54, 1.807) is 4.90 Å². The number of halogens is 4. The highest BCUT2D eigenvalue weighted by Crippen LogP contribution is 2.47. The van der Waals surface area contributed by atoms with Gasteiger partial charge in [-0.15, -0.1) is 11.3 Å². The number of hydrogen-bond donors (Lipinski definition) is 1. The van der Waals surface area contributed by atoms with Crippen LogP contribution < -0.4 is 5.32 Å². The van der Waals surface area contributed by atoms with Gasteiger partial charge in [0.25, 0.3) is 5.91 Å². The molecule has 2 aliphatic heterocycles. The van der Waals surface area contributed by atoms with Crippen LogP contribution >= 0.6 is 27.3 Å². The van der Waals surface area contributed by atoms with Crippen molar-refractivity contribution in [3.63, 3.8) is 0 Å². The first kappa shape index (κ1) is 20.7. The van der Waals surface area contributed by atoms with Crippen molar-refractivity contribution in [1.82, 2.24) is 14.7 Å². The molecule has 4 rings (SSSR count). The van der Waals surface area contributed by atoms with Crippen LogP contribution in [0.3, 0.4) is 0 Å². The van der Waals surface area contributed by atoms with Crippen molar-refractivity contribution < 1.29 is 18.0 Å². The molecule has 3 atom stereocenters. The zero-order valence-corrected chi connectivity index (χ0v) is 18.3. The Morgan fingerprint density at radius 1 is 1.41 bits per heavy atom. The van der Waals surface area contributed by atoms with Gasteiger partial charge in [0, 0.05) is 23.9 Å². The van der Waals surface area contributed by atoms with Crippen LogP contribution in [0, 0.1) is 0 Å². The van der Waals surface area contributed by atoms with Crippen LogP contribution in [-0.2, 0) is 0 Å². The van der Waals surface area contributed by atoms with E-state index in [4.69, 9.17) is 0 Å². The Bertz CT molecular complexity index is 883. The molecule has 0 aromatic carbocycles. The molecule has 1 saturated heterocycles. The van der Waals surface area contributed by atoms with Crippen molar-refractivity contribution in [1.29, 1.82) is 0 Å². The number of likely N-dealkylation sites (tertiary alicyclic amines) is 1. The Kier molecular flexibility index (Phi) is 5.67. The average molecular weight is 491 g/mol. The van der Waals surface area contributed by atoms with Crippen molar-refractivity contribution in [3.8, 4) is 0 Å². The van der Waals surface area contributed by atoms with Crippen molar-refractivity contribution in [2.75, 3.05) is 11.9 Å². The molecule has 1 fully saturated rings. The maximum Gasteiger partial charge on any atom is 0.410 e. The largest absolute Gasteiger partial charge is 0.410 e. The topological polar surface area (TPSA) is 50.2 Å². The number of amides is 1. The number of nitrogens with one attached hydrogen (secondary N) is 1. The van der Waals surface area contributed by atoms with Gasteiger partial charge >= 0.3 is 6.18 Å². The van der Waals surface area contributed by atoms with Crippen LogP contribution in [0.5, 0.6) is 0 Å². The van der Waals surface area contributed by atoms with E-state index < -0.39 is 18.3 Å². The fourth-order valence-electron chi connectivity index (χ4n) is 4.23.